The average Bonchev–Trinajstić information content (AvgIpc) is 3.07. The van der Waals surface area contributed by atoms with Crippen LogP contribution < -0.4 is 5.32 Å². The molecular weight excluding hydrogens is 354 g/mol. The van der Waals surface area contributed by atoms with E-state index in [2.05, 4.69) is 5.32 Å². The van der Waals surface area contributed by atoms with Gasteiger partial charge < -0.3 is 10.2 Å². The van der Waals surface area contributed by atoms with Crippen LogP contribution in [0.5, 0.6) is 0 Å². The molecule has 0 aromatic heterocycles. The highest BCUT2D eigenvalue weighted by Gasteiger charge is 2.36. The van der Waals surface area contributed by atoms with Crippen molar-refractivity contribution in [2.75, 3.05) is 24.7 Å². The normalized spacial score (nSPS) is 21.8. The number of sulfonamides is 1. The number of amides is 2. The number of rotatable bonds is 5. The van der Waals surface area contributed by atoms with Crippen molar-refractivity contribution < 1.29 is 18.0 Å². The van der Waals surface area contributed by atoms with Crippen LogP contribution in [0.15, 0.2) is 24.3 Å². The Morgan fingerprint density at radius 3 is 2.77 bits per heavy atom. The number of anilines is 1. The molecule has 0 bridgehead atoms. The lowest BCUT2D eigenvalue weighted by atomic mass is 10.1. The van der Waals surface area contributed by atoms with Gasteiger partial charge in [0.05, 0.1) is 6.26 Å². The largest absolute Gasteiger partial charge is 0.338 e. The van der Waals surface area contributed by atoms with E-state index in [4.69, 9.17) is 0 Å². The molecule has 2 aliphatic rings. The quantitative estimate of drug-likeness (QED) is 0.841. The Bertz CT molecular complexity index is 793. The first-order valence-corrected chi connectivity index (χ1v) is 10.8. The molecule has 3 rings (SSSR count). The topological polar surface area (TPSA) is 86.8 Å². The fourth-order valence-corrected chi connectivity index (χ4v) is 4.75. The smallest absolute Gasteiger partial charge is 0.242 e. The van der Waals surface area contributed by atoms with Gasteiger partial charge in [-0.05, 0) is 43.4 Å². The summed E-state index contributed by atoms with van der Waals surface area (Å²) < 4.78 is 24.9. The van der Waals surface area contributed by atoms with Crippen LogP contribution in [0, 0.1) is 0 Å². The summed E-state index contributed by atoms with van der Waals surface area (Å²) in [5.41, 5.74) is 1.57. The second kappa shape index (κ2) is 7.75. The Kier molecular flexibility index (Phi) is 5.62. The lowest BCUT2D eigenvalue weighted by Crippen LogP contribution is -2.42. The Hall–Kier alpha value is -1.93. The minimum absolute atomic E-state index is 0.167. The third kappa shape index (κ3) is 4.42. The van der Waals surface area contributed by atoms with E-state index in [1.54, 1.807) is 6.07 Å². The fourth-order valence-electron chi connectivity index (χ4n) is 3.62. The van der Waals surface area contributed by atoms with Crippen molar-refractivity contribution in [2.45, 2.75) is 44.7 Å². The maximum Gasteiger partial charge on any atom is 0.242 e. The van der Waals surface area contributed by atoms with Crippen molar-refractivity contribution in [3.05, 3.63) is 29.8 Å². The second-order valence-electron chi connectivity index (χ2n) is 6.99. The molecule has 2 amide bonds. The lowest BCUT2D eigenvalue weighted by Gasteiger charge is -2.27. The predicted octanol–water partition coefficient (Wildman–Crippen LogP) is 1.56. The molecule has 1 N–H and O–H groups in total. The first-order chi connectivity index (χ1) is 12.3. The van der Waals surface area contributed by atoms with E-state index >= 15 is 0 Å². The molecule has 2 aliphatic heterocycles. The maximum absolute atomic E-state index is 12.5. The van der Waals surface area contributed by atoms with Crippen molar-refractivity contribution in [1.82, 2.24) is 9.21 Å². The molecule has 0 aliphatic carbocycles. The van der Waals surface area contributed by atoms with E-state index in [0.29, 0.717) is 38.0 Å². The first kappa shape index (κ1) is 18.8. The molecule has 8 heteroatoms. The molecule has 7 nitrogen and oxygen atoms in total. The number of hydrogen-bond donors (Lipinski definition) is 1. The Morgan fingerprint density at radius 2 is 2.04 bits per heavy atom. The van der Waals surface area contributed by atoms with Gasteiger partial charge in [0.1, 0.15) is 6.04 Å². The highest BCUT2D eigenvalue weighted by atomic mass is 32.2. The van der Waals surface area contributed by atoms with Gasteiger partial charge in [0.2, 0.25) is 21.8 Å². The summed E-state index contributed by atoms with van der Waals surface area (Å²) in [5, 5.41) is 2.83. The number of nitrogens with zero attached hydrogens (tertiary/aromatic N) is 2. The number of carbonyl (C=O) groups is 2. The molecule has 0 spiro atoms. The zero-order valence-corrected chi connectivity index (χ0v) is 15.8. The molecule has 2 heterocycles. The first-order valence-electron chi connectivity index (χ1n) is 8.99. The summed E-state index contributed by atoms with van der Waals surface area (Å²) in [7, 11) is -3.39. The number of carbonyl (C=O) groups excluding carboxylic acids is 2. The number of benzene rings is 1. The Balaban J connectivity index is 1.66. The van der Waals surface area contributed by atoms with Crippen LogP contribution in [0.4, 0.5) is 5.69 Å². The third-order valence-corrected chi connectivity index (χ3v) is 6.21. The van der Waals surface area contributed by atoms with Gasteiger partial charge in [0, 0.05) is 31.7 Å². The van der Waals surface area contributed by atoms with Crippen LogP contribution in [0.3, 0.4) is 0 Å². The van der Waals surface area contributed by atoms with Gasteiger partial charge in [-0.15, -0.1) is 0 Å². The molecule has 2 saturated heterocycles. The second-order valence-corrected chi connectivity index (χ2v) is 8.93. The molecule has 2 fully saturated rings. The predicted molar refractivity (Wildman–Crippen MR) is 98.9 cm³/mol. The molecule has 142 valence electrons. The van der Waals surface area contributed by atoms with Crippen molar-refractivity contribution in [1.29, 1.82) is 0 Å². The number of nitrogens with one attached hydrogen (secondary N) is 1. The van der Waals surface area contributed by atoms with Crippen LogP contribution in [0.1, 0.15) is 37.7 Å². The minimum atomic E-state index is -3.39. The SMILES string of the molecule is CS(=O)(=O)N1CCCC1C(=O)Nc1cccc(CN2CCCCC2=O)c1. The Labute approximate surface area is 154 Å². The molecule has 0 saturated carbocycles. The van der Waals surface area contributed by atoms with Crippen molar-refractivity contribution in [2.24, 2.45) is 0 Å². The van der Waals surface area contributed by atoms with Crippen molar-refractivity contribution in [3.63, 3.8) is 0 Å². The summed E-state index contributed by atoms with van der Waals surface area (Å²) in [6, 6.07) is 6.73. The van der Waals surface area contributed by atoms with E-state index < -0.39 is 16.1 Å². The molecule has 1 unspecified atom stereocenters. The third-order valence-electron chi connectivity index (χ3n) is 4.92. The molecule has 1 atom stereocenters. The molecule has 26 heavy (non-hydrogen) atoms. The van der Waals surface area contributed by atoms with Gasteiger partial charge in [-0.25, -0.2) is 8.42 Å². The minimum Gasteiger partial charge on any atom is -0.338 e. The monoisotopic (exact) mass is 379 g/mol. The number of piperidine rings is 1. The standard InChI is InChI=1S/C18H25N3O4S/c1-26(24,25)21-11-5-8-16(21)18(23)19-15-7-4-6-14(12-15)13-20-10-3-2-9-17(20)22/h4,6-7,12,16H,2-3,5,8-11,13H2,1H3,(H,19,23). The molecule has 1 aromatic carbocycles. The van der Waals surface area contributed by atoms with E-state index in [0.717, 1.165) is 31.2 Å². The highest BCUT2D eigenvalue weighted by molar-refractivity contribution is 7.88. The van der Waals surface area contributed by atoms with Gasteiger partial charge in [0.25, 0.3) is 0 Å². The van der Waals surface area contributed by atoms with Gasteiger partial charge in [-0.3, -0.25) is 9.59 Å². The van der Waals surface area contributed by atoms with Crippen LogP contribution in [-0.2, 0) is 26.2 Å². The van der Waals surface area contributed by atoms with Crippen LogP contribution in [0.25, 0.3) is 0 Å². The van der Waals surface area contributed by atoms with E-state index in [1.165, 1.54) is 4.31 Å². The molecule has 1 aromatic rings. The maximum atomic E-state index is 12.5. The number of likely N-dealkylation sites (tertiary alicyclic amines) is 1. The molecule has 0 radical (unpaired) electrons. The zero-order chi connectivity index (χ0) is 18.7. The summed E-state index contributed by atoms with van der Waals surface area (Å²) in [4.78, 5) is 26.3. The van der Waals surface area contributed by atoms with Crippen LogP contribution >= 0.6 is 0 Å². The van der Waals surface area contributed by atoms with Gasteiger partial charge in [-0.1, -0.05) is 12.1 Å². The zero-order valence-electron chi connectivity index (χ0n) is 15.0. The summed E-state index contributed by atoms with van der Waals surface area (Å²) in [5.74, 6) is -0.139. The van der Waals surface area contributed by atoms with Crippen molar-refractivity contribution >= 4 is 27.5 Å². The highest BCUT2D eigenvalue weighted by Crippen LogP contribution is 2.23. The lowest BCUT2D eigenvalue weighted by molar-refractivity contribution is -0.133. The van der Waals surface area contributed by atoms with Gasteiger partial charge >= 0.3 is 0 Å². The van der Waals surface area contributed by atoms with E-state index in [9.17, 15) is 18.0 Å². The van der Waals surface area contributed by atoms with E-state index in [-0.39, 0.29) is 11.8 Å². The number of hydrogen-bond acceptors (Lipinski definition) is 4. The molecular formula is C18H25N3O4S. The summed E-state index contributed by atoms with van der Waals surface area (Å²) in [6.45, 7) is 1.68. The van der Waals surface area contributed by atoms with Gasteiger partial charge in [0.15, 0.2) is 0 Å². The van der Waals surface area contributed by atoms with Crippen molar-refractivity contribution in [3.8, 4) is 0 Å². The summed E-state index contributed by atoms with van der Waals surface area (Å²) >= 11 is 0. The van der Waals surface area contributed by atoms with E-state index in [1.807, 2.05) is 23.1 Å². The fraction of sp³-hybridized carbons (Fsp3) is 0.556. The van der Waals surface area contributed by atoms with Crippen LogP contribution in [0.2, 0.25) is 0 Å². The summed E-state index contributed by atoms with van der Waals surface area (Å²) in [6.07, 6.45) is 4.91. The average molecular weight is 379 g/mol. The Morgan fingerprint density at radius 1 is 1.23 bits per heavy atom. The van der Waals surface area contributed by atoms with Gasteiger partial charge in [-0.2, -0.15) is 4.31 Å². The van der Waals surface area contributed by atoms with Crippen LogP contribution in [-0.4, -0.2) is 54.8 Å².